The number of benzene rings is 2. The van der Waals surface area contributed by atoms with Crippen LogP contribution in [0, 0.1) is 0 Å². The summed E-state index contributed by atoms with van der Waals surface area (Å²) in [5.41, 5.74) is 4.74. The minimum atomic E-state index is -4.55. The number of aromatic nitrogens is 2. The molecule has 0 saturated carbocycles. The number of nitrogens with two attached hydrogens (primary N) is 1. The van der Waals surface area contributed by atoms with Gasteiger partial charge in [-0.2, -0.15) is 26.3 Å². The lowest BCUT2D eigenvalue weighted by atomic mass is 10.0. The standard InChI is InChI=1S/C26H25F6N5/c1-3-13-37(2)16-23-35-22-15-17(14-19(5-4-12-33)26(30,31)32)6-11-21(22)24(36-23)34-20-9-7-18(8-10-20)25(27,28)29/h3-12,15H,1,13-14,16,33H2,2H3,(H,34,35,36)/b12-4-,19-5+. The first-order valence-corrected chi connectivity index (χ1v) is 11.1. The van der Waals surface area contributed by atoms with Crippen LogP contribution in [0.1, 0.15) is 17.0 Å². The molecule has 3 aromatic rings. The molecule has 0 fully saturated rings. The molecular formula is C26H25F6N5. The normalized spacial score (nSPS) is 13.0. The lowest BCUT2D eigenvalue weighted by Crippen LogP contribution is -2.19. The van der Waals surface area contributed by atoms with Gasteiger partial charge in [-0.3, -0.25) is 4.90 Å². The van der Waals surface area contributed by atoms with E-state index in [2.05, 4.69) is 21.9 Å². The van der Waals surface area contributed by atoms with Gasteiger partial charge in [-0.15, -0.1) is 6.58 Å². The molecule has 0 spiro atoms. The molecule has 0 bridgehead atoms. The summed E-state index contributed by atoms with van der Waals surface area (Å²) in [7, 11) is 1.82. The Hall–Kier alpha value is -3.86. The van der Waals surface area contributed by atoms with Gasteiger partial charge in [0.25, 0.3) is 0 Å². The lowest BCUT2D eigenvalue weighted by Gasteiger charge is -2.17. The van der Waals surface area contributed by atoms with Crippen LogP contribution in [0.4, 0.5) is 37.8 Å². The second-order valence-corrected chi connectivity index (χ2v) is 8.28. The molecule has 1 aromatic heterocycles. The van der Waals surface area contributed by atoms with Crippen LogP contribution in [0.5, 0.6) is 0 Å². The molecule has 2 aromatic carbocycles. The fourth-order valence-corrected chi connectivity index (χ4v) is 3.55. The van der Waals surface area contributed by atoms with E-state index in [-0.39, 0.29) is 0 Å². The maximum Gasteiger partial charge on any atom is 0.416 e. The lowest BCUT2D eigenvalue weighted by molar-refractivity contribution is -0.137. The molecule has 0 aliphatic rings. The second-order valence-electron chi connectivity index (χ2n) is 8.28. The average Bonchev–Trinajstić information content (AvgIpc) is 2.80. The Bertz CT molecular complexity index is 1290. The van der Waals surface area contributed by atoms with Gasteiger partial charge >= 0.3 is 12.4 Å². The van der Waals surface area contributed by atoms with Crippen molar-refractivity contribution in [2.24, 2.45) is 5.73 Å². The molecular weight excluding hydrogens is 496 g/mol. The van der Waals surface area contributed by atoms with E-state index >= 15 is 0 Å². The Kier molecular flexibility index (Phi) is 8.59. The van der Waals surface area contributed by atoms with Crippen LogP contribution >= 0.6 is 0 Å². The summed E-state index contributed by atoms with van der Waals surface area (Å²) in [6, 6.07) is 9.10. The zero-order valence-electron chi connectivity index (χ0n) is 19.9. The van der Waals surface area contributed by atoms with E-state index < -0.39 is 29.9 Å². The van der Waals surface area contributed by atoms with Crippen LogP contribution in [0.15, 0.2) is 79.0 Å². The summed E-state index contributed by atoms with van der Waals surface area (Å²) in [4.78, 5) is 10.9. The largest absolute Gasteiger partial charge is 0.416 e. The fraction of sp³-hybridized carbons (Fsp3) is 0.231. The first kappa shape index (κ1) is 27.7. The number of hydrogen-bond donors (Lipinski definition) is 2. The number of fused-ring (bicyclic) bond motifs is 1. The average molecular weight is 522 g/mol. The third-order valence-electron chi connectivity index (χ3n) is 5.30. The van der Waals surface area contributed by atoms with E-state index in [1.165, 1.54) is 24.3 Å². The van der Waals surface area contributed by atoms with Crippen molar-refractivity contribution in [3.05, 3.63) is 96.0 Å². The summed E-state index contributed by atoms with van der Waals surface area (Å²) in [6.45, 7) is 4.53. The summed E-state index contributed by atoms with van der Waals surface area (Å²) in [6.07, 6.45) is -4.67. The van der Waals surface area contributed by atoms with Gasteiger partial charge in [0.05, 0.1) is 17.6 Å². The highest BCUT2D eigenvalue weighted by Crippen LogP contribution is 2.32. The van der Waals surface area contributed by atoms with Gasteiger partial charge in [0.15, 0.2) is 0 Å². The van der Waals surface area contributed by atoms with Gasteiger partial charge in [-0.1, -0.05) is 18.2 Å². The van der Waals surface area contributed by atoms with E-state index in [1.54, 1.807) is 12.1 Å². The predicted octanol–water partition coefficient (Wildman–Crippen LogP) is 6.51. The molecule has 1 heterocycles. The number of rotatable bonds is 9. The molecule has 0 amide bonds. The first-order chi connectivity index (χ1) is 17.4. The Morgan fingerprint density at radius 3 is 2.35 bits per heavy atom. The van der Waals surface area contributed by atoms with E-state index in [0.29, 0.717) is 46.9 Å². The SMILES string of the molecule is C=CCN(C)Cc1nc(Nc2ccc(C(F)(F)F)cc2)c2ccc(C/C(=C\C=C/N)C(F)(F)F)cc2n1. The third-order valence-corrected chi connectivity index (χ3v) is 5.30. The number of halogens is 6. The molecule has 37 heavy (non-hydrogen) atoms. The number of anilines is 2. The number of allylic oxidation sites excluding steroid dienone is 3. The van der Waals surface area contributed by atoms with Gasteiger partial charge in [-0.25, -0.2) is 9.97 Å². The Labute approximate surface area is 210 Å². The summed E-state index contributed by atoms with van der Waals surface area (Å²) >= 11 is 0. The third kappa shape index (κ3) is 7.56. The van der Waals surface area contributed by atoms with Crippen molar-refractivity contribution in [1.29, 1.82) is 0 Å². The molecule has 0 atom stereocenters. The van der Waals surface area contributed by atoms with Gasteiger partial charge in [0, 0.05) is 29.6 Å². The molecule has 0 aliphatic heterocycles. The number of hydrogen-bond acceptors (Lipinski definition) is 5. The van der Waals surface area contributed by atoms with Crippen molar-refractivity contribution in [2.45, 2.75) is 25.3 Å². The van der Waals surface area contributed by atoms with Crippen molar-refractivity contribution in [1.82, 2.24) is 14.9 Å². The Morgan fingerprint density at radius 2 is 1.76 bits per heavy atom. The van der Waals surface area contributed by atoms with E-state index in [1.807, 2.05) is 11.9 Å². The molecule has 196 valence electrons. The maximum absolute atomic E-state index is 13.5. The van der Waals surface area contributed by atoms with Crippen LogP contribution in [-0.4, -0.2) is 34.6 Å². The maximum atomic E-state index is 13.5. The predicted molar refractivity (Wildman–Crippen MR) is 132 cm³/mol. The van der Waals surface area contributed by atoms with Crippen LogP contribution < -0.4 is 11.1 Å². The van der Waals surface area contributed by atoms with Gasteiger partial charge in [0.2, 0.25) is 0 Å². The zero-order valence-corrected chi connectivity index (χ0v) is 19.9. The number of likely N-dealkylation sites (N-methyl/N-ethyl adjacent to an activating group) is 1. The van der Waals surface area contributed by atoms with Crippen molar-refractivity contribution in [2.75, 3.05) is 18.9 Å². The minimum absolute atomic E-state index is 0.308. The van der Waals surface area contributed by atoms with E-state index in [4.69, 9.17) is 5.73 Å². The molecule has 5 nitrogen and oxygen atoms in total. The molecule has 11 heteroatoms. The molecule has 0 unspecified atom stereocenters. The van der Waals surface area contributed by atoms with Crippen LogP contribution in [-0.2, 0) is 19.1 Å². The van der Waals surface area contributed by atoms with Gasteiger partial charge < -0.3 is 11.1 Å². The highest BCUT2D eigenvalue weighted by atomic mass is 19.4. The van der Waals surface area contributed by atoms with Crippen molar-refractivity contribution in [3.63, 3.8) is 0 Å². The molecule has 0 aliphatic carbocycles. The van der Waals surface area contributed by atoms with Crippen molar-refractivity contribution >= 4 is 22.4 Å². The van der Waals surface area contributed by atoms with Crippen molar-refractivity contribution in [3.8, 4) is 0 Å². The van der Waals surface area contributed by atoms with Crippen LogP contribution in [0.25, 0.3) is 10.9 Å². The first-order valence-electron chi connectivity index (χ1n) is 11.1. The topological polar surface area (TPSA) is 67.1 Å². The van der Waals surface area contributed by atoms with Gasteiger partial charge in [-0.05, 0) is 61.3 Å². The molecule has 3 rings (SSSR count). The van der Waals surface area contributed by atoms with Gasteiger partial charge in [0.1, 0.15) is 11.6 Å². The highest BCUT2D eigenvalue weighted by molar-refractivity contribution is 5.91. The van der Waals surface area contributed by atoms with E-state index in [0.717, 1.165) is 30.5 Å². The number of alkyl halides is 6. The smallest absolute Gasteiger partial charge is 0.405 e. The zero-order chi connectivity index (χ0) is 27.2. The molecule has 0 radical (unpaired) electrons. The quantitative estimate of drug-likeness (QED) is 0.191. The van der Waals surface area contributed by atoms with Crippen molar-refractivity contribution < 1.29 is 26.3 Å². The Morgan fingerprint density at radius 1 is 1.05 bits per heavy atom. The number of nitrogens with one attached hydrogen (secondary N) is 1. The van der Waals surface area contributed by atoms with Crippen LogP contribution in [0.2, 0.25) is 0 Å². The minimum Gasteiger partial charge on any atom is -0.405 e. The summed E-state index contributed by atoms with van der Waals surface area (Å²) in [5, 5.41) is 3.51. The molecule has 3 N–H and O–H groups in total. The fourth-order valence-electron chi connectivity index (χ4n) is 3.55. The monoisotopic (exact) mass is 521 g/mol. The van der Waals surface area contributed by atoms with E-state index in [9.17, 15) is 26.3 Å². The van der Waals surface area contributed by atoms with Crippen LogP contribution in [0.3, 0.4) is 0 Å². The second kappa shape index (κ2) is 11.5. The summed E-state index contributed by atoms with van der Waals surface area (Å²) in [5.74, 6) is 0.692. The Balaban J connectivity index is 2.03. The highest BCUT2D eigenvalue weighted by Gasteiger charge is 2.33. The number of nitrogens with zero attached hydrogens (tertiary/aromatic N) is 3. The summed E-state index contributed by atoms with van der Waals surface area (Å²) < 4.78 is 79.2. The molecule has 0 saturated heterocycles.